The summed E-state index contributed by atoms with van der Waals surface area (Å²) in [5.74, 6) is -3.28. The number of nitrogens with two attached hydrogens (primary N) is 1. The first-order valence-electron chi connectivity index (χ1n) is 11.6. The van der Waals surface area contributed by atoms with E-state index in [1.165, 1.54) is 31.4 Å². The Bertz CT molecular complexity index is 1590. The SMILES string of the molecule is COC(=O)C[C@@H]1SC2=C(C(=O)Nc3ccc4ccccc4c3)[C@H](c3ccc(F)cc3)C(C#N)=C(N)N2C1=O. The first-order valence-corrected chi connectivity index (χ1v) is 12.5. The number of nitrogens with zero attached hydrogens (tertiary/aromatic N) is 2. The number of rotatable bonds is 5. The Kier molecular flexibility index (Phi) is 6.61. The van der Waals surface area contributed by atoms with Crippen molar-refractivity contribution in [2.45, 2.75) is 17.6 Å². The number of hydrogen-bond acceptors (Lipinski definition) is 7. The number of amides is 2. The van der Waals surface area contributed by atoms with E-state index in [9.17, 15) is 24.0 Å². The highest BCUT2D eigenvalue weighted by atomic mass is 32.2. The minimum atomic E-state index is -0.968. The summed E-state index contributed by atoms with van der Waals surface area (Å²) < 4.78 is 18.5. The molecule has 1 saturated heterocycles. The number of hydrogen-bond donors (Lipinski definition) is 2. The number of thioether (sulfide) groups is 1. The van der Waals surface area contributed by atoms with Gasteiger partial charge in [0.05, 0.1) is 41.7 Å². The summed E-state index contributed by atoms with van der Waals surface area (Å²) in [6.45, 7) is 0. The molecular formula is C28H21FN4O4S. The van der Waals surface area contributed by atoms with Crippen molar-refractivity contribution < 1.29 is 23.5 Å². The van der Waals surface area contributed by atoms with Crippen LogP contribution in [0.2, 0.25) is 0 Å². The maximum absolute atomic E-state index is 13.9. The fourth-order valence-electron chi connectivity index (χ4n) is 4.60. The number of carbonyl (C=O) groups excluding carboxylic acids is 3. The van der Waals surface area contributed by atoms with E-state index in [1.807, 2.05) is 42.5 Å². The number of nitriles is 1. The lowest BCUT2D eigenvalue weighted by molar-refractivity contribution is -0.142. The number of allylic oxidation sites excluding steroid dienone is 1. The van der Waals surface area contributed by atoms with Crippen molar-refractivity contribution in [1.29, 1.82) is 5.26 Å². The number of halogens is 1. The molecule has 0 spiro atoms. The van der Waals surface area contributed by atoms with Gasteiger partial charge in [0.2, 0.25) is 5.91 Å². The van der Waals surface area contributed by atoms with Crippen LogP contribution < -0.4 is 11.1 Å². The summed E-state index contributed by atoms with van der Waals surface area (Å²) in [7, 11) is 1.22. The van der Waals surface area contributed by atoms with Gasteiger partial charge in [-0.2, -0.15) is 5.26 Å². The lowest BCUT2D eigenvalue weighted by Crippen LogP contribution is -2.39. The van der Waals surface area contributed by atoms with Crippen LogP contribution in [0.15, 0.2) is 88.7 Å². The summed E-state index contributed by atoms with van der Waals surface area (Å²) in [5, 5.41) is 14.2. The van der Waals surface area contributed by atoms with E-state index >= 15 is 0 Å². The van der Waals surface area contributed by atoms with Gasteiger partial charge in [-0.1, -0.05) is 54.2 Å². The quantitative estimate of drug-likeness (QED) is 0.477. The molecule has 0 unspecified atom stereocenters. The number of anilines is 1. The molecule has 2 heterocycles. The van der Waals surface area contributed by atoms with Gasteiger partial charge in [0.25, 0.3) is 5.91 Å². The molecule has 3 aromatic rings. The highest BCUT2D eigenvalue weighted by Gasteiger charge is 2.48. The molecule has 2 amide bonds. The van der Waals surface area contributed by atoms with Crippen molar-refractivity contribution in [2.75, 3.05) is 12.4 Å². The molecule has 2 aliphatic heterocycles. The van der Waals surface area contributed by atoms with Crippen molar-refractivity contribution in [1.82, 2.24) is 4.90 Å². The number of nitrogens with one attached hydrogen (secondary N) is 1. The van der Waals surface area contributed by atoms with Gasteiger partial charge in [0.15, 0.2) is 0 Å². The number of benzene rings is 3. The summed E-state index contributed by atoms with van der Waals surface area (Å²) in [5.41, 5.74) is 7.34. The third-order valence-electron chi connectivity index (χ3n) is 6.43. The lowest BCUT2D eigenvalue weighted by Gasteiger charge is -2.32. The van der Waals surface area contributed by atoms with Crippen LogP contribution in [-0.2, 0) is 19.1 Å². The van der Waals surface area contributed by atoms with Gasteiger partial charge >= 0.3 is 5.97 Å². The molecule has 0 bridgehead atoms. The molecule has 0 radical (unpaired) electrons. The number of fused-ring (bicyclic) bond motifs is 2. The van der Waals surface area contributed by atoms with Gasteiger partial charge in [-0.3, -0.25) is 19.3 Å². The second-order valence-corrected chi connectivity index (χ2v) is 9.88. The highest BCUT2D eigenvalue weighted by Crippen LogP contribution is 2.50. The van der Waals surface area contributed by atoms with E-state index in [2.05, 4.69) is 5.32 Å². The van der Waals surface area contributed by atoms with Crippen molar-refractivity contribution in [3.8, 4) is 6.07 Å². The molecule has 2 aliphatic rings. The number of ether oxygens (including phenoxy) is 1. The zero-order valence-electron chi connectivity index (χ0n) is 20.1. The Labute approximate surface area is 221 Å². The van der Waals surface area contributed by atoms with Crippen LogP contribution in [0.25, 0.3) is 10.8 Å². The van der Waals surface area contributed by atoms with Gasteiger partial charge in [0.1, 0.15) is 16.9 Å². The molecule has 5 rings (SSSR count). The first-order chi connectivity index (χ1) is 18.3. The van der Waals surface area contributed by atoms with Crippen LogP contribution in [-0.4, -0.2) is 35.0 Å². The Morgan fingerprint density at radius 1 is 1.13 bits per heavy atom. The van der Waals surface area contributed by atoms with Gasteiger partial charge < -0.3 is 15.8 Å². The van der Waals surface area contributed by atoms with Gasteiger partial charge in [-0.15, -0.1) is 0 Å². The zero-order chi connectivity index (χ0) is 27.0. The first kappa shape index (κ1) is 25.0. The van der Waals surface area contributed by atoms with Crippen molar-refractivity contribution in [2.24, 2.45) is 5.73 Å². The van der Waals surface area contributed by atoms with Crippen molar-refractivity contribution in [3.05, 3.63) is 100 Å². The van der Waals surface area contributed by atoms with Crippen LogP contribution in [0.1, 0.15) is 17.9 Å². The van der Waals surface area contributed by atoms with E-state index in [0.717, 1.165) is 27.4 Å². The average molecular weight is 529 g/mol. The number of methoxy groups -OCH3 is 1. The monoisotopic (exact) mass is 528 g/mol. The van der Waals surface area contributed by atoms with Crippen molar-refractivity contribution >= 4 is 46.0 Å². The third-order valence-corrected chi connectivity index (χ3v) is 7.71. The Morgan fingerprint density at radius 3 is 2.53 bits per heavy atom. The van der Waals surface area contributed by atoms with E-state index in [-0.39, 0.29) is 28.4 Å². The molecular weight excluding hydrogens is 507 g/mol. The average Bonchev–Trinajstić information content (AvgIpc) is 3.24. The molecule has 0 aliphatic carbocycles. The molecule has 3 aromatic carbocycles. The van der Waals surface area contributed by atoms with Gasteiger partial charge in [-0.05, 0) is 40.6 Å². The predicted octanol–water partition coefficient (Wildman–Crippen LogP) is 4.13. The molecule has 0 saturated carbocycles. The van der Waals surface area contributed by atoms with Crippen LogP contribution in [0.3, 0.4) is 0 Å². The van der Waals surface area contributed by atoms with Gasteiger partial charge in [-0.25, -0.2) is 4.39 Å². The highest BCUT2D eigenvalue weighted by molar-refractivity contribution is 8.04. The summed E-state index contributed by atoms with van der Waals surface area (Å²) in [4.78, 5) is 40.3. The topological polar surface area (TPSA) is 126 Å². The zero-order valence-corrected chi connectivity index (χ0v) is 20.9. The molecule has 38 heavy (non-hydrogen) atoms. The largest absolute Gasteiger partial charge is 0.469 e. The lowest BCUT2D eigenvalue weighted by atomic mass is 9.82. The maximum atomic E-state index is 13.9. The molecule has 2 atom stereocenters. The van der Waals surface area contributed by atoms with E-state index in [4.69, 9.17) is 10.5 Å². The Hall–Kier alpha value is -4.62. The van der Waals surface area contributed by atoms with Crippen molar-refractivity contribution in [3.63, 3.8) is 0 Å². The third kappa shape index (κ3) is 4.37. The molecule has 8 nitrogen and oxygen atoms in total. The van der Waals surface area contributed by atoms with E-state index in [0.29, 0.717) is 11.3 Å². The van der Waals surface area contributed by atoms with Crippen LogP contribution in [0.5, 0.6) is 0 Å². The summed E-state index contributed by atoms with van der Waals surface area (Å²) in [6.07, 6.45) is -0.240. The fourth-order valence-corrected chi connectivity index (χ4v) is 5.92. The number of esters is 1. The smallest absolute Gasteiger partial charge is 0.307 e. The van der Waals surface area contributed by atoms with Crippen LogP contribution in [0.4, 0.5) is 10.1 Å². The second-order valence-electron chi connectivity index (χ2n) is 8.69. The fraction of sp³-hybridized carbons (Fsp3) is 0.143. The van der Waals surface area contributed by atoms with Crippen LogP contribution >= 0.6 is 11.8 Å². The standard InChI is InChI=1S/C28H21FN4O4S/c1-37-22(34)13-21-27(36)33-25(31)20(14-30)23(16-6-9-18(29)10-7-16)24(28(33)38-21)26(35)32-19-11-8-15-4-2-3-5-17(15)12-19/h2-12,21,23H,13,31H2,1H3,(H,32,35)/t21-,23+/m0/s1. The minimum absolute atomic E-state index is 0.0308. The summed E-state index contributed by atoms with van der Waals surface area (Å²) >= 11 is 1.01. The molecule has 10 heteroatoms. The van der Waals surface area contributed by atoms with E-state index < -0.39 is 34.8 Å². The van der Waals surface area contributed by atoms with Crippen LogP contribution in [0, 0.1) is 17.1 Å². The Balaban J connectivity index is 1.63. The van der Waals surface area contributed by atoms with Gasteiger partial charge in [0, 0.05) is 5.69 Å². The predicted molar refractivity (Wildman–Crippen MR) is 140 cm³/mol. The molecule has 3 N–H and O–H groups in total. The molecule has 0 aromatic heterocycles. The minimum Gasteiger partial charge on any atom is -0.469 e. The Morgan fingerprint density at radius 2 is 1.84 bits per heavy atom. The molecule has 190 valence electrons. The maximum Gasteiger partial charge on any atom is 0.307 e. The number of carbonyl (C=O) groups is 3. The summed E-state index contributed by atoms with van der Waals surface area (Å²) in [6, 6.07) is 20.5. The normalized spacial score (nSPS) is 18.9. The van der Waals surface area contributed by atoms with E-state index in [1.54, 1.807) is 6.07 Å². The molecule has 1 fully saturated rings. The second kappa shape index (κ2) is 10.0.